The number of esters is 4. The molecule has 0 aliphatic heterocycles. The molecule has 3 N–H and O–H groups in total. The summed E-state index contributed by atoms with van der Waals surface area (Å²) in [4.78, 5) is 73.2. The summed E-state index contributed by atoms with van der Waals surface area (Å²) in [6, 6.07) is 0. The zero-order chi connectivity index (χ0) is 76.4. The normalized spacial score (nSPS) is 14.1. The van der Waals surface area contributed by atoms with Gasteiger partial charge in [0, 0.05) is 25.7 Å². The first-order valence-corrected chi connectivity index (χ1v) is 47.0. The first-order valence-electron chi connectivity index (χ1n) is 44.0. The van der Waals surface area contributed by atoms with E-state index in [1.807, 2.05) is 0 Å². The molecule has 3 unspecified atom stereocenters. The molecule has 17 nitrogen and oxygen atoms in total. The first-order chi connectivity index (χ1) is 50.4. The third kappa shape index (κ3) is 76.8. The topological polar surface area (TPSA) is 237 Å². The smallest absolute Gasteiger partial charge is 0.462 e. The lowest BCUT2D eigenvalue weighted by Gasteiger charge is -2.21. The summed E-state index contributed by atoms with van der Waals surface area (Å²) >= 11 is 0. The predicted octanol–water partition coefficient (Wildman–Crippen LogP) is 25.8. The van der Waals surface area contributed by atoms with Crippen LogP contribution in [0.4, 0.5) is 0 Å². The lowest BCUT2D eigenvalue weighted by molar-refractivity contribution is -0.161. The maximum Gasteiger partial charge on any atom is 0.472 e. The molecule has 0 amide bonds. The summed E-state index contributed by atoms with van der Waals surface area (Å²) in [5.74, 6) is -0.567. The van der Waals surface area contributed by atoms with Crippen molar-refractivity contribution >= 4 is 39.5 Å². The number of phosphoric ester groups is 2. The van der Waals surface area contributed by atoms with Crippen molar-refractivity contribution in [1.82, 2.24) is 0 Å². The van der Waals surface area contributed by atoms with Gasteiger partial charge in [0.25, 0.3) is 0 Å². The monoisotopic (exact) mass is 1520 g/mol. The Morgan fingerprint density at radius 3 is 0.731 bits per heavy atom. The number of ether oxygens (including phenoxy) is 4. The van der Waals surface area contributed by atoms with Gasteiger partial charge in [-0.2, -0.15) is 0 Å². The zero-order valence-corrected chi connectivity index (χ0v) is 70.1. The zero-order valence-electron chi connectivity index (χ0n) is 68.3. The van der Waals surface area contributed by atoms with Crippen LogP contribution in [0, 0.1) is 11.8 Å². The number of hydrogen-bond acceptors (Lipinski definition) is 15. The Morgan fingerprint density at radius 2 is 0.490 bits per heavy atom. The third-order valence-corrected chi connectivity index (χ3v) is 22.2. The van der Waals surface area contributed by atoms with Crippen LogP contribution >= 0.6 is 15.6 Å². The summed E-state index contributed by atoms with van der Waals surface area (Å²) in [6.07, 6.45) is 68.1. The highest BCUT2D eigenvalue weighted by Crippen LogP contribution is 2.45. The van der Waals surface area contributed by atoms with Crippen LogP contribution in [0.15, 0.2) is 0 Å². The van der Waals surface area contributed by atoms with Crippen LogP contribution in [0.5, 0.6) is 0 Å². The quantitative estimate of drug-likeness (QED) is 0.0222. The van der Waals surface area contributed by atoms with Crippen molar-refractivity contribution in [3.05, 3.63) is 0 Å². The largest absolute Gasteiger partial charge is 0.472 e. The minimum Gasteiger partial charge on any atom is -0.462 e. The molecule has 0 saturated carbocycles. The van der Waals surface area contributed by atoms with Gasteiger partial charge in [-0.15, -0.1) is 0 Å². The van der Waals surface area contributed by atoms with E-state index < -0.39 is 97.5 Å². The number of aliphatic hydroxyl groups is 1. The SMILES string of the molecule is CCCCCCCCCCCCCCCCCCCCCCC(=O)O[C@H](COC(=O)CCCCCCCCCCCCCCCCCC(C)C)COP(=O)(O)OC[C@@H](O)COP(=O)(O)OC[C@@H](COC(=O)CCCCCCCCC(C)CC)OC(=O)CCCCCCCCCCCCCCCCCC. The van der Waals surface area contributed by atoms with Gasteiger partial charge < -0.3 is 33.8 Å². The number of rotatable bonds is 84. The Kier molecular flexibility index (Phi) is 75.0. The standard InChI is InChI=1S/C85H166O17P2/c1-7-10-12-14-16-18-20-22-24-26-27-28-29-33-38-42-46-50-58-64-69-84(89)101-80(73-95-82(87)67-61-55-48-44-40-36-34-30-31-35-39-43-47-53-59-65-77(4)5)75-99-103(91,92)97-71-79(86)72-98-104(93,94)100-76-81(74-96-83(88)68-62-56-52-51-54-60-66-78(6)9-3)102-85(90)70-63-57-49-45-41-37-32-25-23-21-19-17-15-13-11-8-2/h77-81,86H,7-76H2,1-6H3,(H,91,92)(H,93,94)/t78?,79-,80-,81-/m1/s1. The fraction of sp³-hybridized carbons (Fsp3) is 0.953. The van der Waals surface area contributed by atoms with Gasteiger partial charge in [0.2, 0.25) is 0 Å². The second-order valence-corrected chi connectivity index (χ2v) is 34.2. The van der Waals surface area contributed by atoms with Crippen molar-refractivity contribution in [2.75, 3.05) is 39.6 Å². The number of phosphoric acid groups is 2. The lowest BCUT2D eigenvalue weighted by Crippen LogP contribution is -2.30. The van der Waals surface area contributed by atoms with Crippen molar-refractivity contribution in [3.63, 3.8) is 0 Å². The van der Waals surface area contributed by atoms with Crippen LogP contribution < -0.4 is 0 Å². The van der Waals surface area contributed by atoms with Gasteiger partial charge in [-0.05, 0) is 37.5 Å². The van der Waals surface area contributed by atoms with E-state index in [4.69, 9.17) is 37.0 Å². The Balaban J connectivity index is 5.23. The maximum atomic E-state index is 13.1. The van der Waals surface area contributed by atoms with E-state index >= 15 is 0 Å². The fourth-order valence-electron chi connectivity index (χ4n) is 13.2. The summed E-state index contributed by atoms with van der Waals surface area (Å²) in [7, 11) is -9.93. The Labute approximate surface area is 638 Å². The summed E-state index contributed by atoms with van der Waals surface area (Å²) in [5, 5.41) is 10.7. The Morgan fingerprint density at radius 1 is 0.279 bits per heavy atom. The molecule has 0 aromatic rings. The van der Waals surface area contributed by atoms with Gasteiger partial charge in [0.1, 0.15) is 19.3 Å². The van der Waals surface area contributed by atoms with E-state index in [9.17, 15) is 43.2 Å². The molecule has 0 saturated heterocycles. The number of hydrogen-bond donors (Lipinski definition) is 3. The van der Waals surface area contributed by atoms with E-state index in [0.717, 1.165) is 108 Å². The van der Waals surface area contributed by atoms with Gasteiger partial charge in [0.15, 0.2) is 12.2 Å². The van der Waals surface area contributed by atoms with Crippen molar-refractivity contribution in [1.29, 1.82) is 0 Å². The van der Waals surface area contributed by atoms with Crippen LogP contribution in [0.2, 0.25) is 0 Å². The molecule has 0 spiro atoms. The van der Waals surface area contributed by atoms with Crippen LogP contribution in [0.1, 0.15) is 452 Å². The average Bonchev–Trinajstić information content (AvgIpc) is 0.965. The predicted molar refractivity (Wildman–Crippen MR) is 428 cm³/mol. The van der Waals surface area contributed by atoms with Gasteiger partial charge in [-0.1, -0.05) is 401 Å². The molecule has 0 aromatic carbocycles. The van der Waals surface area contributed by atoms with Crippen molar-refractivity contribution < 1.29 is 80.2 Å². The van der Waals surface area contributed by atoms with E-state index in [-0.39, 0.29) is 25.7 Å². The van der Waals surface area contributed by atoms with Crippen molar-refractivity contribution in [3.8, 4) is 0 Å². The second-order valence-electron chi connectivity index (χ2n) is 31.3. The molecule has 6 atom stereocenters. The molecule has 0 heterocycles. The van der Waals surface area contributed by atoms with E-state index in [1.165, 1.54) is 263 Å². The van der Waals surface area contributed by atoms with Crippen LogP contribution in [0.25, 0.3) is 0 Å². The minimum absolute atomic E-state index is 0.108. The molecule has 0 rings (SSSR count). The van der Waals surface area contributed by atoms with Crippen LogP contribution in [0.3, 0.4) is 0 Å². The molecule has 618 valence electrons. The highest BCUT2D eigenvalue weighted by molar-refractivity contribution is 7.47. The molecule has 0 aliphatic carbocycles. The number of carbonyl (C=O) groups is 4. The first kappa shape index (κ1) is 102. The van der Waals surface area contributed by atoms with Gasteiger partial charge in [-0.25, -0.2) is 9.13 Å². The van der Waals surface area contributed by atoms with E-state index in [0.29, 0.717) is 25.7 Å². The molecule has 0 fully saturated rings. The maximum absolute atomic E-state index is 13.1. The lowest BCUT2D eigenvalue weighted by atomic mass is 10.00. The molecule has 0 radical (unpaired) electrons. The molecular weight excluding hydrogens is 1350 g/mol. The van der Waals surface area contributed by atoms with Crippen LogP contribution in [-0.2, 0) is 65.4 Å². The number of unbranched alkanes of at least 4 members (excludes halogenated alkanes) is 53. The molecular formula is C85H166O17P2. The van der Waals surface area contributed by atoms with Gasteiger partial charge >= 0.3 is 39.5 Å². The van der Waals surface area contributed by atoms with Crippen LogP contribution in [-0.4, -0.2) is 96.7 Å². The average molecular weight is 1520 g/mol. The minimum atomic E-state index is -4.97. The van der Waals surface area contributed by atoms with Crippen molar-refractivity contribution in [2.24, 2.45) is 11.8 Å². The summed E-state index contributed by atoms with van der Waals surface area (Å²) in [6.45, 7) is 9.66. The molecule has 0 bridgehead atoms. The van der Waals surface area contributed by atoms with Crippen molar-refractivity contribution in [2.45, 2.75) is 471 Å². The van der Waals surface area contributed by atoms with Gasteiger partial charge in [0.05, 0.1) is 26.4 Å². The Hall–Kier alpha value is -1.94. The van der Waals surface area contributed by atoms with E-state index in [2.05, 4.69) is 41.5 Å². The number of carbonyl (C=O) groups excluding carboxylic acids is 4. The molecule has 104 heavy (non-hydrogen) atoms. The Bertz CT molecular complexity index is 2000. The van der Waals surface area contributed by atoms with E-state index in [1.54, 1.807) is 0 Å². The van der Waals surface area contributed by atoms with Gasteiger partial charge in [-0.3, -0.25) is 37.3 Å². The highest BCUT2D eigenvalue weighted by atomic mass is 31.2. The highest BCUT2D eigenvalue weighted by Gasteiger charge is 2.30. The third-order valence-electron chi connectivity index (χ3n) is 20.3. The summed E-state index contributed by atoms with van der Waals surface area (Å²) < 4.78 is 68.9. The summed E-state index contributed by atoms with van der Waals surface area (Å²) in [5.41, 5.74) is 0. The molecule has 19 heteroatoms. The molecule has 0 aromatic heterocycles. The molecule has 0 aliphatic rings. The number of aliphatic hydroxyl groups excluding tert-OH is 1. The fourth-order valence-corrected chi connectivity index (χ4v) is 14.8. The second kappa shape index (κ2) is 76.4.